The van der Waals surface area contributed by atoms with E-state index in [2.05, 4.69) is 47.1 Å². The van der Waals surface area contributed by atoms with Gasteiger partial charge in [0, 0.05) is 14.0 Å². The molecule has 0 saturated carbocycles. The number of benzene rings is 1. The molecule has 0 atom stereocenters. The van der Waals surface area contributed by atoms with Crippen LogP contribution in [0.5, 0.6) is 0 Å². The number of hydrogen-bond acceptors (Lipinski definition) is 3. The van der Waals surface area contributed by atoms with Gasteiger partial charge in [0.05, 0.1) is 18.1 Å². The van der Waals surface area contributed by atoms with Crippen LogP contribution >= 0.6 is 55.1 Å². The Bertz CT molecular complexity index is 629. The standard InChI is InChI=1S/C11H5Br2Cl2N3O/c12-6-1-5(14)2-7(13)10(6)18-11(19)8-3-16-4-9(15)17-8/h1-4H,(H,18,19). The monoisotopic (exact) mass is 423 g/mol. The first-order valence-electron chi connectivity index (χ1n) is 4.91. The Morgan fingerprint density at radius 3 is 2.37 bits per heavy atom. The fraction of sp³-hybridized carbons (Fsp3) is 0. The fourth-order valence-corrected chi connectivity index (χ4v) is 3.30. The average molecular weight is 426 g/mol. The highest BCUT2D eigenvalue weighted by Gasteiger charge is 2.13. The number of nitrogens with one attached hydrogen (secondary N) is 1. The molecular weight excluding hydrogens is 421 g/mol. The molecule has 0 saturated heterocycles. The van der Waals surface area contributed by atoms with E-state index < -0.39 is 5.91 Å². The van der Waals surface area contributed by atoms with E-state index in [1.54, 1.807) is 12.1 Å². The molecule has 0 aliphatic heterocycles. The van der Waals surface area contributed by atoms with E-state index in [0.717, 1.165) is 0 Å². The van der Waals surface area contributed by atoms with Gasteiger partial charge >= 0.3 is 0 Å². The number of carbonyl (C=O) groups excluding carboxylic acids is 1. The van der Waals surface area contributed by atoms with Crippen molar-refractivity contribution in [3.05, 3.63) is 49.3 Å². The molecule has 4 nitrogen and oxygen atoms in total. The lowest BCUT2D eigenvalue weighted by molar-refractivity contribution is 0.102. The Morgan fingerprint density at radius 1 is 1.16 bits per heavy atom. The Kier molecular flexibility index (Phi) is 4.78. The zero-order valence-corrected chi connectivity index (χ0v) is 13.8. The van der Waals surface area contributed by atoms with Crippen molar-refractivity contribution in [1.29, 1.82) is 0 Å². The highest BCUT2D eigenvalue weighted by molar-refractivity contribution is 9.11. The minimum absolute atomic E-state index is 0.126. The van der Waals surface area contributed by atoms with E-state index in [9.17, 15) is 4.79 Å². The lowest BCUT2D eigenvalue weighted by atomic mass is 10.3. The number of carbonyl (C=O) groups is 1. The van der Waals surface area contributed by atoms with E-state index in [-0.39, 0.29) is 10.8 Å². The van der Waals surface area contributed by atoms with Gasteiger partial charge in [0.2, 0.25) is 0 Å². The van der Waals surface area contributed by atoms with Gasteiger partial charge < -0.3 is 5.32 Å². The van der Waals surface area contributed by atoms with Crippen molar-refractivity contribution in [3.8, 4) is 0 Å². The molecule has 2 rings (SSSR count). The quantitative estimate of drug-likeness (QED) is 0.767. The largest absolute Gasteiger partial charge is 0.319 e. The van der Waals surface area contributed by atoms with Crippen LogP contribution in [0, 0.1) is 0 Å². The average Bonchev–Trinajstić information content (AvgIpc) is 2.33. The lowest BCUT2D eigenvalue weighted by Gasteiger charge is -2.09. The molecule has 1 aromatic carbocycles. The normalized spacial score (nSPS) is 10.3. The molecule has 1 amide bonds. The molecule has 2 aromatic rings. The predicted molar refractivity (Wildman–Crippen MR) is 81.8 cm³/mol. The van der Waals surface area contributed by atoms with Gasteiger partial charge in [-0.15, -0.1) is 0 Å². The number of hydrogen-bond donors (Lipinski definition) is 1. The van der Waals surface area contributed by atoms with E-state index in [1.165, 1.54) is 12.4 Å². The Balaban J connectivity index is 2.29. The van der Waals surface area contributed by atoms with E-state index in [1.807, 2.05) is 0 Å². The molecule has 1 heterocycles. The number of anilines is 1. The number of nitrogens with zero attached hydrogens (tertiary/aromatic N) is 2. The molecule has 0 aliphatic rings. The maximum absolute atomic E-state index is 12.0. The second-order valence-electron chi connectivity index (χ2n) is 3.43. The molecule has 0 unspecified atom stereocenters. The van der Waals surface area contributed by atoms with Crippen LogP contribution in [-0.2, 0) is 0 Å². The maximum atomic E-state index is 12.0. The molecular formula is C11H5Br2Cl2N3O. The summed E-state index contributed by atoms with van der Waals surface area (Å²) in [7, 11) is 0. The van der Waals surface area contributed by atoms with E-state index in [0.29, 0.717) is 19.7 Å². The summed E-state index contributed by atoms with van der Waals surface area (Å²) in [5.74, 6) is -0.418. The molecule has 0 radical (unpaired) electrons. The van der Waals surface area contributed by atoms with Crippen molar-refractivity contribution in [3.63, 3.8) is 0 Å². The minimum atomic E-state index is -0.418. The Hall–Kier alpha value is -0.690. The van der Waals surface area contributed by atoms with Gasteiger partial charge in [0.25, 0.3) is 5.91 Å². The van der Waals surface area contributed by atoms with Crippen molar-refractivity contribution in [2.45, 2.75) is 0 Å². The molecule has 98 valence electrons. The van der Waals surface area contributed by atoms with Crippen molar-refractivity contribution in [2.75, 3.05) is 5.32 Å². The maximum Gasteiger partial charge on any atom is 0.275 e. The van der Waals surface area contributed by atoms with Gasteiger partial charge in [-0.3, -0.25) is 9.78 Å². The smallest absolute Gasteiger partial charge is 0.275 e. The van der Waals surface area contributed by atoms with Gasteiger partial charge in [0.15, 0.2) is 0 Å². The third-order valence-corrected chi connectivity index (χ3v) is 3.73. The van der Waals surface area contributed by atoms with E-state index >= 15 is 0 Å². The predicted octanol–water partition coefficient (Wildman–Crippen LogP) is 4.56. The van der Waals surface area contributed by atoms with Crippen LogP contribution in [0.1, 0.15) is 10.5 Å². The summed E-state index contributed by atoms with van der Waals surface area (Å²) in [5, 5.41) is 3.39. The molecule has 1 aromatic heterocycles. The molecule has 8 heteroatoms. The van der Waals surface area contributed by atoms with E-state index in [4.69, 9.17) is 23.2 Å². The van der Waals surface area contributed by atoms with Crippen LogP contribution in [-0.4, -0.2) is 15.9 Å². The summed E-state index contributed by atoms with van der Waals surface area (Å²) in [6.45, 7) is 0. The third-order valence-electron chi connectivity index (χ3n) is 2.08. The second kappa shape index (κ2) is 6.17. The number of amides is 1. The first-order chi connectivity index (χ1) is 8.97. The van der Waals surface area contributed by atoms with Crippen LogP contribution < -0.4 is 5.32 Å². The summed E-state index contributed by atoms with van der Waals surface area (Å²) >= 11 is 18.2. The zero-order valence-electron chi connectivity index (χ0n) is 9.12. The Morgan fingerprint density at radius 2 is 1.79 bits per heavy atom. The second-order valence-corrected chi connectivity index (χ2v) is 5.96. The molecule has 0 aliphatic carbocycles. The topological polar surface area (TPSA) is 54.9 Å². The molecule has 19 heavy (non-hydrogen) atoms. The third kappa shape index (κ3) is 3.66. The molecule has 0 fully saturated rings. The summed E-state index contributed by atoms with van der Waals surface area (Å²) in [6.07, 6.45) is 2.69. The summed E-state index contributed by atoms with van der Waals surface area (Å²) in [6, 6.07) is 3.34. The zero-order chi connectivity index (χ0) is 14.0. The van der Waals surface area contributed by atoms with Crippen LogP contribution in [0.3, 0.4) is 0 Å². The van der Waals surface area contributed by atoms with Gasteiger partial charge in [-0.05, 0) is 44.0 Å². The highest BCUT2D eigenvalue weighted by atomic mass is 79.9. The minimum Gasteiger partial charge on any atom is -0.319 e. The van der Waals surface area contributed by atoms with Gasteiger partial charge in [-0.25, -0.2) is 4.98 Å². The van der Waals surface area contributed by atoms with Crippen molar-refractivity contribution in [2.24, 2.45) is 0 Å². The molecule has 1 N–H and O–H groups in total. The molecule has 0 spiro atoms. The highest BCUT2D eigenvalue weighted by Crippen LogP contribution is 2.34. The number of aromatic nitrogens is 2. The number of rotatable bonds is 2. The van der Waals surface area contributed by atoms with Gasteiger partial charge in [0.1, 0.15) is 10.8 Å². The van der Waals surface area contributed by atoms with Gasteiger partial charge in [-0.1, -0.05) is 23.2 Å². The van der Waals surface area contributed by atoms with Crippen molar-refractivity contribution in [1.82, 2.24) is 9.97 Å². The van der Waals surface area contributed by atoms with Crippen LogP contribution in [0.2, 0.25) is 10.2 Å². The van der Waals surface area contributed by atoms with Gasteiger partial charge in [-0.2, -0.15) is 0 Å². The fourth-order valence-electron chi connectivity index (χ4n) is 1.29. The van der Waals surface area contributed by atoms with Crippen molar-refractivity contribution >= 4 is 66.7 Å². The summed E-state index contributed by atoms with van der Waals surface area (Å²) < 4.78 is 1.30. The first-order valence-corrected chi connectivity index (χ1v) is 7.25. The van der Waals surface area contributed by atoms with Crippen LogP contribution in [0.15, 0.2) is 33.5 Å². The van der Waals surface area contributed by atoms with Crippen LogP contribution in [0.4, 0.5) is 5.69 Å². The first kappa shape index (κ1) is 14.7. The lowest BCUT2D eigenvalue weighted by Crippen LogP contribution is -2.14. The SMILES string of the molecule is O=C(Nc1c(Br)cc(Cl)cc1Br)c1cncc(Cl)n1. The Labute approximate surface area is 135 Å². The molecule has 0 bridgehead atoms. The summed E-state index contributed by atoms with van der Waals surface area (Å²) in [4.78, 5) is 19.7. The van der Waals surface area contributed by atoms with Crippen LogP contribution in [0.25, 0.3) is 0 Å². The van der Waals surface area contributed by atoms with Crippen molar-refractivity contribution < 1.29 is 4.79 Å². The number of halogens is 4. The summed E-state index contributed by atoms with van der Waals surface area (Å²) in [5.41, 5.74) is 0.678.